The van der Waals surface area contributed by atoms with E-state index in [0.29, 0.717) is 10.0 Å². The Bertz CT molecular complexity index is 1190. The van der Waals surface area contributed by atoms with Crippen molar-refractivity contribution < 1.29 is 0 Å². The summed E-state index contributed by atoms with van der Waals surface area (Å²) in [4.78, 5) is 4.92. The van der Waals surface area contributed by atoms with Gasteiger partial charge in [0.25, 0.3) is 0 Å². The van der Waals surface area contributed by atoms with Crippen molar-refractivity contribution in [3.05, 3.63) is 81.0 Å². The summed E-state index contributed by atoms with van der Waals surface area (Å²) >= 11 is 12.8. The van der Waals surface area contributed by atoms with E-state index in [4.69, 9.17) is 28.2 Å². The van der Waals surface area contributed by atoms with E-state index in [-0.39, 0.29) is 0 Å². The molecule has 0 saturated carbocycles. The molecular weight excluding hydrogens is 389 g/mol. The van der Waals surface area contributed by atoms with Crippen LogP contribution in [0.2, 0.25) is 10.0 Å². The molecule has 0 aliphatic heterocycles. The fourth-order valence-corrected chi connectivity index (χ4v) is 4.04. The first kappa shape index (κ1) is 18.9. The van der Waals surface area contributed by atoms with Gasteiger partial charge in [-0.1, -0.05) is 53.5 Å². The van der Waals surface area contributed by atoms with Crippen LogP contribution in [0.3, 0.4) is 0 Å². The third-order valence-electron chi connectivity index (χ3n) is 4.98. The van der Waals surface area contributed by atoms with E-state index in [2.05, 4.69) is 67.7 Å². The van der Waals surface area contributed by atoms with Gasteiger partial charge in [-0.15, -0.1) is 0 Å². The lowest BCUT2D eigenvalue weighted by Gasteiger charge is -2.15. The minimum atomic E-state index is 0.506. The van der Waals surface area contributed by atoms with Crippen LogP contribution < -0.4 is 5.32 Å². The van der Waals surface area contributed by atoms with Crippen molar-refractivity contribution in [2.75, 3.05) is 5.32 Å². The summed E-state index contributed by atoms with van der Waals surface area (Å²) in [5.74, 6) is 0.883. The number of pyridine rings is 1. The lowest BCUT2D eigenvalue weighted by atomic mass is 10.1. The molecule has 1 N–H and O–H groups in total. The fourth-order valence-electron chi connectivity index (χ4n) is 3.65. The standard InChI is InChI=1S/C23H21Cl2N3/c1-13-11-16(4)28-19(12-13)26-22(17-9-6-10-18(24)20(17)25)23(28)27-21-14(2)7-5-8-15(21)3/h5-12,27H,1-4H3. The molecule has 0 atom stereocenters. The second-order valence-electron chi connectivity index (χ2n) is 7.17. The molecule has 0 aliphatic rings. The lowest BCUT2D eigenvalue weighted by Crippen LogP contribution is -2.03. The van der Waals surface area contributed by atoms with Gasteiger partial charge in [0.1, 0.15) is 17.2 Å². The van der Waals surface area contributed by atoms with Crippen LogP contribution in [0.5, 0.6) is 0 Å². The van der Waals surface area contributed by atoms with Gasteiger partial charge in [-0.3, -0.25) is 4.40 Å². The number of para-hydroxylation sites is 1. The molecule has 3 nitrogen and oxygen atoms in total. The molecule has 4 aromatic rings. The van der Waals surface area contributed by atoms with E-state index in [9.17, 15) is 0 Å². The lowest BCUT2D eigenvalue weighted by molar-refractivity contribution is 1.08. The second kappa shape index (κ2) is 7.16. The molecule has 0 radical (unpaired) electrons. The Morgan fingerprint density at radius 1 is 0.893 bits per heavy atom. The van der Waals surface area contributed by atoms with Crippen LogP contribution in [0, 0.1) is 27.7 Å². The zero-order valence-corrected chi connectivity index (χ0v) is 17.8. The van der Waals surface area contributed by atoms with Crippen molar-refractivity contribution in [1.82, 2.24) is 9.38 Å². The number of imidazole rings is 1. The van der Waals surface area contributed by atoms with Gasteiger partial charge in [0, 0.05) is 16.9 Å². The van der Waals surface area contributed by atoms with Crippen LogP contribution in [0.4, 0.5) is 11.5 Å². The largest absolute Gasteiger partial charge is 0.339 e. The van der Waals surface area contributed by atoms with Crippen LogP contribution in [-0.2, 0) is 0 Å². The van der Waals surface area contributed by atoms with Gasteiger partial charge in [0.05, 0.1) is 10.0 Å². The quantitative estimate of drug-likeness (QED) is 0.384. The smallest absolute Gasteiger partial charge is 0.143 e. The highest BCUT2D eigenvalue weighted by molar-refractivity contribution is 6.43. The minimum Gasteiger partial charge on any atom is -0.339 e. The van der Waals surface area contributed by atoms with E-state index in [1.165, 1.54) is 11.1 Å². The molecule has 142 valence electrons. The SMILES string of the molecule is Cc1cc(C)n2c(Nc3c(C)cccc3C)c(-c3cccc(Cl)c3Cl)nc2c1. The second-order valence-corrected chi connectivity index (χ2v) is 7.96. The van der Waals surface area contributed by atoms with Crippen LogP contribution in [0.1, 0.15) is 22.4 Å². The first-order chi connectivity index (χ1) is 13.4. The Hall–Kier alpha value is -2.49. The van der Waals surface area contributed by atoms with Crippen LogP contribution in [0.25, 0.3) is 16.9 Å². The zero-order valence-electron chi connectivity index (χ0n) is 16.3. The van der Waals surface area contributed by atoms with Crippen molar-refractivity contribution >= 4 is 40.4 Å². The summed E-state index contributed by atoms with van der Waals surface area (Å²) in [5, 5.41) is 4.66. The minimum absolute atomic E-state index is 0.506. The molecule has 2 heterocycles. The Labute approximate surface area is 174 Å². The van der Waals surface area contributed by atoms with Crippen molar-refractivity contribution in [1.29, 1.82) is 0 Å². The van der Waals surface area contributed by atoms with E-state index >= 15 is 0 Å². The van der Waals surface area contributed by atoms with Crippen LogP contribution in [-0.4, -0.2) is 9.38 Å². The number of rotatable bonds is 3. The maximum absolute atomic E-state index is 6.55. The Morgan fingerprint density at radius 3 is 2.29 bits per heavy atom. The maximum atomic E-state index is 6.55. The normalized spacial score (nSPS) is 11.2. The first-order valence-electron chi connectivity index (χ1n) is 9.14. The number of nitrogens with zero attached hydrogens (tertiary/aromatic N) is 2. The number of benzene rings is 2. The van der Waals surface area contributed by atoms with Gasteiger partial charge in [0.15, 0.2) is 0 Å². The molecule has 0 unspecified atom stereocenters. The molecule has 0 bridgehead atoms. The van der Waals surface area contributed by atoms with Crippen molar-refractivity contribution in [3.8, 4) is 11.3 Å². The van der Waals surface area contributed by atoms with Crippen LogP contribution >= 0.6 is 23.2 Å². The number of aryl methyl sites for hydroxylation is 4. The van der Waals surface area contributed by atoms with E-state index in [1.807, 2.05) is 12.1 Å². The van der Waals surface area contributed by atoms with Crippen molar-refractivity contribution in [3.63, 3.8) is 0 Å². The average molecular weight is 410 g/mol. The van der Waals surface area contributed by atoms with Gasteiger partial charge in [-0.2, -0.15) is 0 Å². The number of aromatic nitrogens is 2. The molecule has 5 heteroatoms. The number of nitrogens with one attached hydrogen (secondary N) is 1. The molecule has 28 heavy (non-hydrogen) atoms. The summed E-state index contributed by atoms with van der Waals surface area (Å²) < 4.78 is 2.13. The Balaban J connectivity index is 2.04. The molecule has 0 aliphatic carbocycles. The van der Waals surface area contributed by atoms with Gasteiger partial charge in [-0.25, -0.2) is 4.98 Å². The Morgan fingerprint density at radius 2 is 1.57 bits per heavy atom. The third-order valence-corrected chi connectivity index (χ3v) is 5.80. The van der Waals surface area contributed by atoms with E-state index in [1.54, 1.807) is 6.07 Å². The number of hydrogen-bond acceptors (Lipinski definition) is 2. The highest BCUT2D eigenvalue weighted by atomic mass is 35.5. The molecule has 0 amide bonds. The van der Waals surface area contributed by atoms with Gasteiger partial charge >= 0.3 is 0 Å². The zero-order chi connectivity index (χ0) is 20.0. The Kier molecular flexibility index (Phi) is 4.82. The summed E-state index contributed by atoms with van der Waals surface area (Å²) in [6.07, 6.45) is 0. The topological polar surface area (TPSA) is 29.3 Å². The fraction of sp³-hybridized carbons (Fsp3) is 0.174. The van der Waals surface area contributed by atoms with E-state index < -0.39 is 0 Å². The molecular formula is C23H21Cl2N3. The summed E-state index contributed by atoms with van der Waals surface area (Å²) in [7, 11) is 0. The number of fused-ring (bicyclic) bond motifs is 1. The highest BCUT2D eigenvalue weighted by Gasteiger charge is 2.20. The monoisotopic (exact) mass is 409 g/mol. The third kappa shape index (κ3) is 3.15. The summed E-state index contributed by atoms with van der Waals surface area (Å²) in [6, 6.07) is 16.1. The summed E-state index contributed by atoms with van der Waals surface area (Å²) in [5.41, 5.74) is 8.14. The van der Waals surface area contributed by atoms with Crippen molar-refractivity contribution in [2.45, 2.75) is 27.7 Å². The molecule has 2 aromatic heterocycles. The molecule has 0 fully saturated rings. The van der Waals surface area contributed by atoms with Crippen molar-refractivity contribution in [2.24, 2.45) is 0 Å². The summed E-state index contributed by atoms with van der Waals surface area (Å²) in [6.45, 7) is 8.36. The number of halogens is 2. The predicted octanol–water partition coefficient (Wildman–Crippen LogP) is 7.29. The maximum Gasteiger partial charge on any atom is 0.143 e. The molecule has 4 rings (SSSR count). The predicted molar refractivity (Wildman–Crippen MR) is 119 cm³/mol. The van der Waals surface area contributed by atoms with Gasteiger partial charge in [0.2, 0.25) is 0 Å². The average Bonchev–Trinajstić information content (AvgIpc) is 2.99. The molecule has 0 saturated heterocycles. The number of hydrogen-bond donors (Lipinski definition) is 1. The van der Waals surface area contributed by atoms with Crippen LogP contribution in [0.15, 0.2) is 48.5 Å². The van der Waals surface area contributed by atoms with E-state index in [0.717, 1.165) is 39.7 Å². The van der Waals surface area contributed by atoms with Gasteiger partial charge < -0.3 is 5.32 Å². The molecule has 2 aromatic carbocycles. The first-order valence-corrected chi connectivity index (χ1v) is 9.89. The number of anilines is 2. The van der Waals surface area contributed by atoms with Gasteiger partial charge in [-0.05, 0) is 62.6 Å². The highest BCUT2D eigenvalue weighted by Crippen LogP contribution is 2.39. The molecule has 0 spiro atoms.